The van der Waals surface area contributed by atoms with Gasteiger partial charge in [0.05, 0.1) is 0 Å². The van der Waals surface area contributed by atoms with Crippen molar-refractivity contribution in [2.24, 2.45) is 0 Å². The molecule has 0 bridgehead atoms. The Morgan fingerprint density at radius 2 is 2.08 bits per heavy atom. The van der Waals surface area contributed by atoms with E-state index in [2.05, 4.69) is 34.3 Å². The number of rotatable bonds is 3. The fraction of sp³-hybridized carbons (Fsp3) is 0.389. The first kappa shape index (κ1) is 15.3. The van der Waals surface area contributed by atoms with Gasteiger partial charge in [-0.25, -0.2) is 0 Å². The smallest absolute Gasteiger partial charge is 0.257 e. The van der Waals surface area contributed by atoms with Gasteiger partial charge in [-0.1, -0.05) is 25.2 Å². The fourth-order valence-corrected chi connectivity index (χ4v) is 3.98. The summed E-state index contributed by atoms with van der Waals surface area (Å²) in [6.07, 6.45) is 4.66. The van der Waals surface area contributed by atoms with E-state index in [9.17, 15) is 4.79 Å². The molecule has 0 saturated carbocycles. The van der Waals surface area contributed by atoms with Crippen LogP contribution in [-0.2, 0) is 12.8 Å². The van der Waals surface area contributed by atoms with Crippen LogP contribution in [0.3, 0.4) is 0 Å². The number of aromatic nitrogens is 3. The lowest BCUT2D eigenvalue weighted by Crippen LogP contribution is -2.11. The maximum atomic E-state index is 12.5. The predicted octanol–water partition coefficient (Wildman–Crippen LogP) is 4.27. The molecule has 0 radical (unpaired) electrons. The number of nitrogens with one attached hydrogen (secondary N) is 2. The van der Waals surface area contributed by atoms with Crippen molar-refractivity contribution >= 4 is 33.3 Å². The lowest BCUT2D eigenvalue weighted by Gasteiger charge is -2.10. The van der Waals surface area contributed by atoms with Crippen LogP contribution >= 0.6 is 11.3 Å². The molecule has 0 unspecified atom stereocenters. The number of carbonyl (C=O) groups excluding carboxylic acids is 1. The summed E-state index contributed by atoms with van der Waals surface area (Å²) in [6.45, 7) is 4.13. The zero-order valence-electron chi connectivity index (χ0n) is 13.8. The van der Waals surface area contributed by atoms with Crippen LogP contribution in [0, 0.1) is 0 Å². The maximum Gasteiger partial charge on any atom is 0.257 e. The molecule has 0 aliphatic heterocycles. The van der Waals surface area contributed by atoms with E-state index in [1.807, 2.05) is 18.2 Å². The molecule has 0 fully saturated rings. The zero-order valence-corrected chi connectivity index (χ0v) is 14.7. The normalized spacial score (nSPS) is 14.1. The highest BCUT2D eigenvalue weighted by molar-refractivity contribution is 7.15. The highest BCUT2D eigenvalue weighted by Gasteiger charge is 2.17. The quantitative estimate of drug-likeness (QED) is 0.748. The van der Waals surface area contributed by atoms with Gasteiger partial charge < -0.3 is 4.98 Å². The Labute approximate surface area is 144 Å². The first-order valence-electron chi connectivity index (χ1n) is 8.40. The third-order valence-electron chi connectivity index (χ3n) is 4.52. The molecule has 124 valence electrons. The van der Waals surface area contributed by atoms with E-state index >= 15 is 0 Å². The zero-order chi connectivity index (χ0) is 16.7. The van der Waals surface area contributed by atoms with Crippen molar-refractivity contribution in [3.8, 4) is 0 Å². The minimum absolute atomic E-state index is 0.130. The van der Waals surface area contributed by atoms with Gasteiger partial charge in [0, 0.05) is 28.1 Å². The van der Waals surface area contributed by atoms with Gasteiger partial charge in [-0.05, 0) is 49.4 Å². The van der Waals surface area contributed by atoms with Crippen LogP contribution in [-0.4, -0.2) is 21.1 Å². The molecule has 6 heteroatoms. The molecule has 0 atom stereocenters. The second-order valence-electron chi connectivity index (χ2n) is 6.60. The van der Waals surface area contributed by atoms with E-state index in [1.165, 1.54) is 40.8 Å². The monoisotopic (exact) mass is 340 g/mol. The Hall–Kier alpha value is -2.21. The number of anilines is 1. The molecule has 1 amide bonds. The summed E-state index contributed by atoms with van der Waals surface area (Å²) in [5.74, 6) is 0.185. The van der Waals surface area contributed by atoms with Crippen LogP contribution in [0.2, 0.25) is 0 Å². The van der Waals surface area contributed by atoms with Crippen LogP contribution in [0.25, 0.3) is 10.9 Å². The van der Waals surface area contributed by atoms with Crippen molar-refractivity contribution in [2.75, 3.05) is 5.32 Å². The van der Waals surface area contributed by atoms with E-state index in [0.717, 1.165) is 23.4 Å². The van der Waals surface area contributed by atoms with Crippen molar-refractivity contribution < 1.29 is 4.79 Å². The number of nitrogens with zero attached hydrogens (tertiary/aromatic N) is 2. The summed E-state index contributed by atoms with van der Waals surface area (Å²) in [5.41, 5.74) is 4.50. The largest absolute Gasteiger partial charge is 0.358 e. The Kier molecular flexibility index (Phi) is 3.84. The second kappa shape index (κ2) is 6.02. The SMILES string of the molecule is CC(C)c1nnc(NC(=O)c2ccc3[nH]c4c(c3c2)CCCC4)s1. The lowest BCUT2D eigenvalue weighted by atomic mass is 9.95. The summed E-state index contributed by atoms with van der Waals surface area (Å²) in [6, 6.07) is 5.86. The lowest BCUT2D eigenvalue weighted by molar-refractivity contribution is 0.102. The van der Waals surface area contributed by atoms with Crippen LogP contribution < -0.4 is 5.32 Å². The third-order valence-corrected chi connectivity index (χ3v) is 5.65. The van der Waals surface area contributed by atoms with Crippen LogP contribution in [0.5, 0.6) is 0 Å². The number of hydrogen-bond acceptors (Lipinski definition) is 4. The summed E-state index contributed by atoms with van der Waals surface area (Å²) in [4.78, 5) is 16.0. The topological polar surface area (TPSA) is 70.7 Å². The van der Waals surface area contributed by atoms with Crippen LogP contribution in [0.1, 0.15) is 59.2 Å². The average molecular weight is 340 g/mol. The van der Waals surface area contributed by atoms with E-state index in [4.69, 9.17) is 0 Å². The second-order valence-corrected chi connectivity index (χ2v) is 7.61. The molecule has 4 rings (SSSR count). The molecule has 1 aliphatic carbocycles. The minimum Gasteiger partial charge on any atom is -0.358 e. The highest BCUT2D eigenvalue weighted by Crippen LogP contribution is 2.30. The number of amides is 1. The Morgan fingerprint density at radius 3 is 2.88 bits per heavy atom. The molecule has 3 aromatic rings. The van der Waals surface area contributed by atoms with Crippen LogP contribution in [0.4, 0.5) is 5.13 Å². The number of H-pyrrole nitrogens is 1. The molecule has 2 N–H and O–H groups in total. The van der Waals surface area contributed by atoms with Gasteiger partial charge in [-0.2, -0.15) is 0 Å². The van der Waals surface area contributed by atoms with Crippen molar-refractivity contribution in [2.45, 2.75) is 45.4 Å². The number of benzene rings is 1. The van der Waals surface area contributed by atoms with Gasteiger partial charge in [0.2, 0.25) is 5.13 Å². The van der Waals surface area contributed by atoms with Crippen molar-refractivity contribution in [3.05, 3.63) is 40.0 Å². The molecule has 2 heterocycles. The van der Waals surface area contributed by atoms with Gasteiger partial charge in [0.1, 0.15) is 5.01 Å². The highest BCUT2D eigenvalue weighted by atomic mass is 32.1. The Morgan fingerprint density at radius 1 is 1.25 bits per heavy atom. The standard InChI is InChI=1S/C18H20N4OS/c1-10(2)17-21-22-18(24-17)20-16(23)11-7-8-15-13(9-11)12-5-3-4-6-14(12)19-15/h7-10,19H,3-6H2,1-2H3,(H,20,22,23). The maximum absolute atomic E-state index is 12.5. The average Bonchev–Trinajstić information content (AvgIpc) is 3.18. The molecular formula is C18H20N4OS. The number of hydrogen-bond donors (Lipinski definition) is 2. The number of carbonyl (C=O) groups is 1. The predicted molar refractivity (Wildman–Crippen MR) is 96.9 cm³/mol. The van der Waals surface area contributed by atoms with E-state index < -0.39 is 0 Å². The summed E-state index contributed by atoms with van der Waals surface area (Å²) in [7, 11) is 0. The molecular weight excluding hydrogens is 320 g/mol. The minimum atomic E-state index is -0.130. The van der Waals surface area contributed by atoms with Crippen molar-refractivity contribution in [1.82, 2.24) is 15.2 Å². The molecule has 24 heavy (non-hydrogen) atoms. The number of aryl methyl sites for hydroxylation is 2. The van der Waals surface area contributed by atoms with E-state index in [0.29, 0.717) is 16.6 Å². The first-order chi connectivity index (χ1) is 11.6. The van der Waals surface area contributed by atoms with Crippen molar-refractivity contribution in [1.29, 1.82) is 0 Å². The van der Waals surface area contributed by atoms with Crippen molar-refractivity contribution in [3.63, 3.8) is 0 Å². The fourth-order valence-electron chi connectivity index (χ4n) is 3.23. The molecule has 5 nitrogen and oxygen atoms in total. The van der Waals surface area contributed by atoms with Gasteiger partial charge >= 0.3 is 0 Å². The number of fused-ring (bicyclic) bond motifs is 3. The Bertz CT molecular complexity index is 909. The molecule has 1 aromatic carbocycles. The summed E-state index contributed by atoms with van der Waals surface area (Å²) >= 11 is 1.43. The van der Waals surface area contributed by atoms with Gasteiger partial charge in [0.25, 0.3) is 5.91 Å². The Balaban J connectivity index is 1.61. The number of aromatic amines is 1. The summed E-state index contributed by atoms with van der Waals surface area (Å²) < 4.78 is 0. The molecule has 0 spiro atoms. The van der Waals surface area contributed by atoms with E-state index in [-0.39, 0.29) is 5.91 Å². The van der Waals surface area contributed by atoms with Gasteiger partial charge in [-0.15, -0.1) is 10.2 Å². The molecule has 1 aliphatic rings. The summed E-state index contributed by atoms with van der Waals surface area (Å²) in [5, 5.41) is 13.7. The van der Waals surface area contributed by atoms with Crippen LogP contribution in [0.15, 0.2) is 18.2 Å². The molecule has 0 saturated heterocycles. The van der Waals surface area contributed by atoms with E-state index in [1.54, 1.807) is 0 Å². The third kappa shape index (κ3) is 2.71. The van der Waals surface area contributed by atoms with Gasteiger partial charge in [-0.3, -0.25) is 10.1 Å². The first-order valence-corrected chi connectivity index (χ1v) is 9.21. The van der Waals surface area contributed by atoms with Gasteiger partial charge in [0.15, 0.2) is 0 Å². The molecule has 2 aromatic heterocycles.